The van der Waals surface area contributed by atoms with Crippen LogP contribution in [0, 0.1) is 5.92 Å². The summed E-state index contributed by atoms with van der Waals surface area (Å²) in [6.07, 6.45) is 7.32. The molecular weight excluding hydrogens is 164 g/mol. The van der Waals surface area contributed by atoms with Gasteiger partial charge in [0.15, 0.2) is 0 Å². The number of nitrogens with one attached hydrogen (secondary N) is 1. The van der Waals surface area contributed by atoms with Gasteiger partial charge in [-0.25, -0.2) is 0 Å². The molecule has 0 spiro atoms. The molecule has 0 saturated heterocycles. The normalized spacial score (nSPS) is 18.8. The highest BCUT2D eigenvalue weighted by atomic mass is 16.1. The minimum absolute atomic E-state index is 0.212. The van der Waals surface area contributed by atoms with Crippen molar-refractivity contribution in [2.75, 3.05) is 13.1 Å². The molecule has 0 atom stereocenters. The van der Waals surface area contributed by atoms with E-state index in [2.05, 4.69) is 5.32 Å². The average molecular weight is 184 g/mol. The molecule has 1 rings (SSSR count). The lowest BCUT2D eigenvalue weighted by molar-refractivity contribution is -0.117. The number of primary amides is 1. The van der Waals surface area contributed by atoms with Crippen molar-refractivity contribution in [3.8, 4) is 0 Å². The highest BCUT2D eigenvalue weighted by Gasteiger charge is 2.12. The van der Waals surface area contributed by atoms with Crippen LogP contribution in [0.2, 0.25) is 0 Å². The molecule has 0 aromatic carbocycles. The molecule has 13 heavy (non-hydrogen) atoms. The Balaban J connectivity index is 1.95. The van der Waals surface area contributed by atoms with Crippen molar-refractivity contribution in [1.29, 1.82) is 0 Å². The van der Waals surface area contributed by atoms with Crippen LogP contribution in [-0.4, -0.2) is 19.0 Å². The zero-order valence-corrected chi connectivity index (χ0v) is 8.22. The van der Waals surface area contributed by atoms with Crippen LogP contribution in [-0.2, 0) is 4.79 Å². The second kappa shape index (κ2) is 5.97. The molecule has 0 unspecified atom stereocenters. The van der Waals surface area contributed by atoms with Gasteiger partial charge in [-0.3, -0.25) is 4.79 Å². The predicted molar refractivity (Wildman–Crippen MR) is 53.3 cm³/mol. The fourth-order valence-corrected chi connectivity index (χ4v) is 1.91. The van der Waals surface area contributed by atoms with Crippen molar-refractivity contribution < 1.29 is 4.79 Å². The van der Waals surface area contributed by atoms with Gasteiger partial charge in [-0.2, -0.15) is 0 Å². The summed E-state index contributed by atoms with van der Waals surface area (Å²) in [6, 6.07) is 0. The Hall–Kier alpha value is -0.570. The molecule has 0 heterocycles. The minimum Gasteiger partial charge on any atom is -0.370 e. The van der Waals surface area contributed by atoms with Crippen molar-refractivity contribution in [1.82, 2.24) is 5.32 Å². The van der Waals surface area contributed by atoms with E-state index in [0.29, 0.717) is 6.42 Å². The lowest BCUT2D eigenvalue weighted by atomic mass is 9.89. The van der Waals surface area contributed by atoms with Gasteiger partial charge in [0.1, 0.15) is 0 Å². The summed E-state index contributed by atoms with van der Waals surface area (Å²) in [6.45, 7) is 1.80. The molecule has 0 radical (unpaired) electrons. The van der Waals surface area contributed by atoms with Crippen LogP contribution in [0.15, 0.2) is 0 Å². The van der Waals surface area contributed by atoms with Gasteiger partial charge in [0.05, 0.1) is 0 Å². The van der Waals surface area contributed by atoms with E-state index in [0.717, 1.165) is 19.0 Å². The second-order valence-electron chi connectivity index (χ2n) is 3.92. The molecular formula is C10H20N2O. The van der Waals surface area contributed by atoms with Gasteiger partial charge in [-0.1, -0.05) is 19.3 Å². The largest absolute Gasteiger partial charge is 0.370 e. The number of rotatable bonds is 5. The van der Waals surface area contributed by atoms with Gasteiger partial charge in [-0.15, -0.1) is 0 Å². The number of hydrogen-bond donors (Lipinski definition) is 2. The first-order valence-corrected chi connectivity index (χ1v) is 5.28. The second-order valence-corrected chi connectivity index (χ2v) is 3.92. The van der Waals surface area contributed by atoms with Crippen molar-refractivity contribution in [2.24, 2.45) is 11.7 Å². The summed E-state index contributed by atoms with van der Waals surface area (Å²) in [7, 11) is 0. The first-order valence-electron chi connectivity index (χ1n) is 5.28. The average Bonchev–Trinajstić information content (AvgIpc) is 2.14. The zero-order chi connectivity index (χ0) is 9.52. The van der Waals surface area contributed by atoms with Crippen LogP contribution < -0.4 is 11.1 Å². The van der Waals surface area contributed by atoms with E-state index < -0.39 is 0 Å². The van der Waals surface area contributed by atoms with Gasteiger partial charge >= 0.3 is 0 Å². The maximum absolute atomic E-state index is 10.4. The Morgan fingerprint density at radius 3 is 2.62 bits per heavy atom. The lowest BCUT2D eigenvalue weighted by Gasteiger charge is -2.21. The molecule has 0 aromatic heterocycles. The van der Waals surface area contributed by atoms with E-state index in [1.807, 2.05) is 0 Å². The Labute approximate surface area is 80.1 Å². The molecule has 1 fully saturated rings. The standard InChI is InChI=1S/C10H20N2O/c11-10(13)6-7-12-8-9-4-2-1-3-5-9/h9,12H,1-8H2,(H2,11,13). The molecule has 1 amide bonds. The van der Waals surface area contributed by atoms with Crippen molar-refractivity contribution >= 4 is 5.91 Å². The Bertz CT molecular complexity index is 153. The molecule has 0 bridgehead atoms. The van der Waals surface area contributed by atoms with E-state index in [4.69, 9.17) is 5.73 Å². The quantitative estimate of drug-likeness (QED) is 0.627. The first-order chi connectivity index (χ1) is 6.29. The minimum atomic E-state index is -0.212. The fourth-order valence-electron chi connectivity index (χ4n) is 1.91. The van der Waals surface area contributed by atoms with E-state index in [1.165, 1.54) is 32.1 Å². The molecule has 3 heteroatoms. The number of hydrogen-bond acceptors (Lipinski definition) is 2. The third-order valence-corrected chi connectivity index (χ3v) is 2.71. The molecule has 1 aliphatic carbocycles. The highest BCUT2D eigenvalue weighted by molar-refractivity contribution is 5.73. The van der Waals surface area contributed by atoms with E-state index in [9.17, 15) is 4.79 Å². The first kappa shape index (κ1) is 10.5. The van der Waals surface area contributed by atoms with Crippen LogP contribution in [0.4, 0.5) is 0 Å². The van der Waals surface area contributed by atoms with Gasteiger partial charge in [-0.05, 0) is 25.3 Å². The molecule has 1 aliphatic rings. The van der Waals surface area contributed by atoms with Crippen LogP contribution in [0.1, 0.15) is 38.5 Å². The third-order valence-electron chi connectivity index (χ3n) is 2.71. The number of carbonyl (C=O) groups is 1. The molecule has 1 saturated carbocycles. The monoisotopic (exact) mass is 184 g/mol. The van der Waals surface area contributed by atoms with Gasteiger partial charge < -0.3 is 11.1 Å². The molecule has 0 aromatic rings. The fraction of sp³-hybridized carbons (Fsp3) is 0.900. The maximum atomic E-state index is 10.4. The summed E-state index contributed by atoms with van der Waals surface area (Å²) in [4.78, 5) is 10.4. The summed E-state index contributed by atoms with van der Waals surface area (Å²) < 4.78 is 0. The van der Waals surface area contributed by atoms with Gasteiger partial charge in [0, 0.05) is 13.0 Å². The van der Waals surface area contributed by atoms with Gasteiger partial charge in [0.2, 0.25) is 5.91 Å². The molecule has 0 aliphatic heterocycles. The summed E-state index contributed by atoms with van der Waals surface area (Å²) in [5.74, 6) is 0.623. The summed E-state index contributed by atoms with van der Waals surface area (Å²) in [5, 5.41) is 3.29. The van der Waals surface area contributed by atoms with Crippen molar-refractivity contribution in [3.63, 3.8) is 0 Å². The topological polar surface area (TPSA) is 55.1 Å². The maximum Gasteiger partial charge on any atom is 0.218 e. The Morgan fingerprint density at radius 2 is 2.00 bits per heavy atom. The number of nitrogens with two attached hydrogens (primary N) is 1. The zero-order valence-electron chi connectivity index (χ0n) is 8.22. The summed E-state index contributed by atoms with van der Waals surface area (Å²) >= 11 is 0. The van der Waals surface area contributed by atoms with Crippen molar-refractivity contribution in [2.45, 2.75) is 38.5 Å². The molecule has 3 N–H and O–H groups in total. The smallest absolute Gasteiger partial charge is 0.218 e. The SMILES string of the molecule is NC(=O)CCNCC1CCCCC1. The Morgan fingerprint density at radius 1 is 1.31 bits per heavy atom. The summed E-state index contributed by atoms with van der Waals surface area (Å²) in [5.41, 5.74) is 5.03. The highest BCUT2D eigenvalue weighted by Crippen LogP contribution is 2.22. The van der Waals surface area contributed by atoms with Crippen LogP contribution >= 0.6 is 0 Å². The number of carbonyl (C=O) groups excluding carboxylic acids is 1. The van der Waals surface area contributed by atoms with E-state index in [-0.39, 0.29) is 5.91 Å². The lowest BCUT2D eigenvalue weighted by Crippen LogP contribution is -2.27. The van der Waals surface area contributed by atoms with Crippen molar-refractivity contribution in [3.05, 3.63) is 0 Å². The van der Waals surface area contributed by atoms with Crippen LogP contribution in [0.25, 0.3) is 0 Å². The Kier molecular flexibility index (Phi) is 4.83. The molecule has 76 valence electrons. The van der Waals surface area contributed by atoms with Crippen LogP contribution in [0.5, 0.6) is 0 Å². The predicted octanol–water partition coefficient (Wildman–Crippen LogP) is 1.03. The number of amides is 1. The molecule has 3 nitrogen and oxygen atoms in total. The third kappa shape index (κ3) is 4.88. The van der Waals surface area contributed by atoms with Crippen LogP contribution in [0.3, 0.4) is 0 Å². The van der Waals surface area contributed by atoms with E-state index >= 15 is 0 Å². The van der Waals surface area contributed by atoms with E-state index in [1.54, 1.807) is 0 Å². The van der Waals surface area contributed by atoms with Gasteiger partial charge in [0.25, 0.3) is 0 Å².